The number of fused-ring (bicyclic) bond motifs is 1. The number of amides is 1. The van der Waals surface area contributed by atoms with Gasteiger partial charge in [-0.25, -0.2) is 13.4 Å². The molecule has 1 aromatic heterocycles. The normalized spacial score (nSPS) is 16.9. The molecule has 0 aliphatic carbocycles. The lowest BCUT2D eigenvalue weighted by molar-refractivity contribution is -0.119. The van der Waals surface area contributed by atoms with Crippen LogP contribution >= 0.6 is 0 Å². The Morgan fingerprint density at radius 3 is 2.44 bits per heavy atom. The van der Waals surface area contributed by atoms with Crippen LogP contribution in [0, 0.1) is 0 Å². The molecule has 0 radical (unpaired) electrons. The highest BCUT2D eigenvalue weighted by Gasteiger charge is 2.39. The van der Waals surface area contributed by atoms with E-state index in [0.29, 0.717) is 25.1 Å². The molecule has 4 aromatic rings. The van der Waals surface area contributed by atoms with Crippen molar-refractivity contribution in [3.8, 4) is 5.69 Å². The Morgan fingerprint density at radius 1 is 0.938 bits per heavy atom. The van der Waals surface area contributed by atoms with E-state index in [-0.39, 0.29) is 10.8 Å². The molecule has 1 aliphatic rings. The van der Waals surface area contributed by atoms with Crippen molar-refractivity contribution >= 4 is 32.7 Å². The lowest BCUT2D eigenvalue weighted by Crippen LogP contribution is -2.43. The van der Waals surface area contributed by atoms with Crippen molar-refractivity contribution in [2.45, 2.75) is 23.8 Å². The van der Waals surface area contributed by atoms with Gasteiger partial charge in [0.05, 0.1) is 15.9 Å². The Balaban J connectivity index is 1.33. The molecule has 32 heavy (non-hydrogen) atoms. The third-order valence-corrected chi connectivity index (χ3v) is 7.65. The van der Waals surface area contributed by atoms with E-state index in [0.717, 1.165) is 16.7 Å². The molecule has 0 spiro atoms. The van der Waals surface area contributed by atoms with Gasteiger partial charge in [0.15, 0.2) is 0 Å². The first kappa shape index (κ1) is 20.4. The topological polar surface area (TPSA) is 84.3 Å². The maximum absolute atomic E-state index is 13.0. The lowest BCUT2D eigenvalue weighted by Gasteiger charge is -2.23. The van der Waals surface area contributed by atoms with E-state index < -0.39 is 16.1 Å². The summed E-state index contributed by atoms with van der Waals surface area (Å²) in [4.78, 5) is 17.6. The van der Waals surface area contributed by atoms with Crippen LogP contribution in [0.4, 0.5) is 5.69 Å². The van der Waals surface area contributed by atoms with Crippen molar-refractivity contribution in [1.29, 1.82) is 0 Å². The van der Waals surface area contributed by atoms with E-state index in [1.54, 1.807) is 36.7 Å². The number of carbonyl (C=O) groups excluding carboxylic acids is 1. The van der Waals surface area contributed by atoms with Crippen molar-refractivity contribution in [3.63, 3.8) is 0 Å². The molecule has 1 atom stereocenters. The molecule has 1 amide bonds. The van der Waals surface area contributed by atoms with Crippen LogP contribution in [-0.2, 0) is 14.8 Å². The number of para-hydroxylation sites is 2. The highest BCUT2D eigenvalue weighted by atomic mass is 32.2. The van der Waals surface area contributed by atoms with Gasteiger partial charge in [-0.1, -0.05) is 30.3 Å². The van der Waals surface area contributed by atoms with E-state index in [4.69, 9.17) is 0 Å². The summed E-state index contributed by atoms with van der Waals surface area (Å²) in [7, 11) is -3.72. The molecule has 0 bridgehead atoms. The third-order valence-electron chi connectivity index (χ3n) is 5.72. The summed E-state index contributed by atoms with van der Waals surface area (Å²) in [6.07, 6.45) is 2.91. The number of hydrogen-bond donors (Lipinski definition) is 1. The fraction of sp³-hybridized carbons (Fsp3) is 0.167. The minimum atomic E-state index is -3.72. The highest BCUT2D eigenvalue weighted by Crippen LogP contribution is 2.27. The predicted molar refractivity (Wildman–Crippen MR) is 123 cm³/mol. The van der Waals surface area contributed by atoms with Gasteiger partial charge in [0, 0.05) is 17.9 Å². The number of nitrogens with one attached hydrogen (secondary N) is 1. The maximum Gasteiger partial charge on any atom is 0.243 e. The first-order valence-corrected chi connectivity index (χ1v) is 11.9. The number of aromatic nitrogens is 2. The summed E-state index contributed by atoms with van der Waals surface area (Å²) < 4.78 is 29.3. The van der Waals surface area contributed by atoms with Crippen molar-refractivity contribution in [1.82, 2.24) is 13.9 Å². The zero-order valence-corrected chi connectivity index (χ0v) is 18.1. The number of imidazole rings is 1. The second-order valence-electron chi connectivity index (χ2n) is 7.73. The SMILES string of the molecule is O=C(Nc1ccc(-n2cnc3ccccc32)cc1)C1CCCN1S(=O)(=O)c1ccccc1. The van der Waals surface area contributed by atoms with Gasteiger partial charge in [0.2, 0.25) is 15.9 Å². The summed E-state index contributed by atoms with van der Waals surface area (Å²) in [5.74, 6) is -0.317. The van der Waals surface area contributed by atoms with Crippen LogP contribution in [-0.4, -0.2) is 40.8 Å². The van der Waals surface area contributed by atoms with E-state index >= 15 is 0 Å². The molecule has 0 saturated carbocycles. The van der Waals surface area contributed by atoms with Crippen LogP contribution in [0.3, 0.4) is 0 Å². The van der Waals surface area contributed by atoms with Crippen LogP contribution in [0.1, 0.15) is 12.8 Å². The first-order chi connectivity index (χ1) is 15.5. The van der Waals surface area contributed by atoms with Crippen molar-refractivity contribution < 1.29 is 13.2 Å². The molecular weight excluding hydrogens is 424 g/mol. The van der Waals surface area contributed by atoms with E-state index in [9.17, 15) is 13.2 Å². The number of rotatable bonds is 5. The predicted octanol–water partition coefficient (Wildman–Crippen LogP) is 3.82. The van der Waals surface area contributed by atoms with Gasteiger partial charge in [0.25, 0.3) is 0 Å². The molecule has 8 heteroatoms. The molecule has 3 aromatic carbocycles. The molecule has 1 saturated heterocycles. The average molecular weight is 447 g/mol. The number of carbonyl (C=O) groups is 1. The van der Waals surface area contributed by atoms with Crippen molar-refractivity contribution in [3.05, 3.63) is 85.2 Å². The summed E-state index contributed by atoms with van der Waals surface area (Å²) in [5.41, 5.74) is 3.45. The number of nitrogens with zero attached hydrogens (tertiary/aromatic N) is 3. The zero-order chi connectivity index (χ0) is 22.1. The van der Waals surface area contributed by atoms with Crippen molar-refractivity contribution in [2.24, 2.45) is 0 Å². The fourth-order valence-corrected chi connectivity index (χ4v) is 5.79. The second kappa shape index (κ2) is 8.22. The summed E-state index contributed by atoms with van der Waals surface area (Å²) in [6, 6.07) is 22.8. The van der Waals surface area contributed by atoms with Gasteiger partial charge in [-0.3, -0.25) is 9.36 Å². The van der Waals surface area contributed by atoms with Gasteiger partial charge >= 0.3 is 0 Å². The largest absolute Gasteiger partial charge is 0.325 e. The monoisotopic (exact) mass is 446 g/mol. The molecule has 162 valence electrons. The van der Waals surface area contributed by atoms with Gasteiger partial charge in [-0.05, 0) is 61.4 Å². The second-order valence-corrected chi connectivity index (χ2v) is 9.62. The number of sulfonamides is 1. The van der Waals surface area contributed by atoms with E-state index in [1.807, 2.05) is 53.1 Å². The minimum Gasteiger partial charge on any atom is -0.325 e. The van der Waals surface area contributed by atoms with E-state index in [2.05, 4.69) is 10.3 Å². The quantitative estimate of drug-likeness (QED) is 0.505. The Labute approximate surface area is 186 Å². The molecule has 7 nitrogen and oxygen atoms in total. The van der Waals surface area contributed by atoms with Crippen LogP contribution in [0.2, 0.25) is 0 Å². The van der Waals surface area contributed by atoms with Gasteiger partial charge < -0.3 is 5.32 Å². The van der Waals surface area contributed by atoms with Crippen LogP contribution in [0.25, 0.3) is 16.7 Å². The van der Waals surface area contributed by atoms with Gasteiger partial charge in [-0.15, -0.1) is 0 Å². The molecule has 5 rings (SSSR count). The zero-order valence-electron chi connectivity index (χ0n) is 17.3. The van der Waals surface area contributed by atoms with Crippen LogP contribution < -0.4 is 5.32 Å². The smallest absolute Gasteiger partial charge is 0.243 e. The molecule has 1 fully saturated rings. The molecule has 1 N–H and O–H groups in total. The Bertz CT molecular complexity index is 1370. The minimum absolute atomic E-state index is 0.205. The van der Waals surface area contributed by atoms with Gasteiger partial charge in [-0.2, -0.15) is 4.31 Å². The highest BCUT2D eigenvalue weighted by molar-refractivity contribution is 7.89. The molecular formula is C24H22N4O3S. The summed E-state index contributed by atoms with van der Waals surface area (Å²) >= 11 is 0. The van der Waals surface area contributed by atoms with E-state index in [1.165, 1.54) is 4.31 Å². The molecule has 1 aliphatic heterocycles. The Hall–Kier alpha value is -3.49. The summed E-state index contributed by atoms with van der Waals surface area (Å²) in [6.45, 7) is 0.335. The lowest BCUT2D eigenvalue weighted by atomic mass is 10.2. The van der Waals surface area contributed by atoms with Gasteiger partial charge in [0.1, 0.15) is 12.4 Å². The Morgan fingerprint density at radius 2 is 1.66 bits per heavy atom. The Kier molecular flexibility index (Phi) is 5.24. The fourth-order valence-electron chi connectivity index (χ4n) is 4.11. The van der Waals surface area contributed by atoms with Crippen LogP contribution in [0.5, 0.6) is 0 Å². The van der Waals surface area contributed by atoms with Crippen molar-refractivity contribution in [2.75, 3.05) is 11.9 Å². The summed E-state index contributed by atoms with van der Waals surface area (Å²) in [5, 5.41) is 2.88. The molecule has 2 heterocycles. The number of anilines is 1. The standard InChI is InChI=1S/C24H22N4O3S/c29-24(23-11-6-16-28(23)32(30,31)20-7-2-1-3-8-20)26-18-12-14-19(15-13-18)27-17-25-21-9-4-5-10-22(21)27/h1-5,7-10,12-15,17,23H,6,11,16H2,(H,26,29). The van der Waals surface area contributed by atoms with Crippen LogP contribution in [0.15, 0.2) is 90.1 Å². The maximum atomic E-state index is 13.0. The number of benzene rings is 3. The first-order valence-electron chi connectivity index (χ1n) is 10.4. The third kappa shape index (κ3) is 3.68. The number of hydrogen-bond acceptors (Lipinski definition) is 4. The molecule has 1 unspecified atom stereocenters. The average Bonchev–Trinajstić information content (AvgIpc) is 3.48.